The van der Waals surface area contributed by atoms with Crippen molar-refractivity contribution in [1.82, 2.24) is 14.5 Å². The van der Waals surface area contributed by atoms with E-state index in [1.54, 1.807) is 42.0 Å². The molecule has 1 unspecified atom stereocenters. The molecule has 0 saturated carbocycles. The highest BCUT2D eigenvalue weighted by molar-refractivity contribution is 6.31. The van der Waals surface area contributed by atoms with Crippen LogP contribution >= 0.6 is 23.2 Å². The summed E-state index contributed by atoms with van der Waals surface area (Å²) < 4.78 is 6.86. The number of nitrogens with zero attached hydrogens (tertiary/aromatic N) is 3. The molecule has 1 atom stereocenters. The standard InChI is InChI=1S/C26H31Cl2N3O3/c1-17(2)13-15-30(24(32)6-5-14-27)18(3)25-29-23-16-19(28)7-12-22(23)26(33)31(25)20-8-10-21(34-4)11-9-20/h7-12,16-18H,5-6,13-15H2,1-4H3. The quantitative estimate of drug-likeness (QED) is 0.318. The number of halogens is 2. The third kappa shape index (κ3) is 5.91. The van der Waals surface area contributed by atoms with Crippen LogP contribution in [0.5, 0.6) is 5.75 Å². The number of carbonyl (C=O) groups is 1. The van der Waals surface area contributed by atoms with E-state index in [4.69, 9.17) is 32.9 Å². The van der Waals surface area contributed by atoms with E-state index in [0.717, 1.165) is 6.42 Å². The Morgan fingerprint density at radius 1 is 1.15 bits per heavy atom. The topological polar surface area (TPSA) is 64.4 Å². The second kappa shape index (κ2) is 11.7. The first-order valence-corrected chi connectivity index (χ1v) is 12.4. The molecule has 0 bridgehead atoms. The zero-order valence-electron chi connectivity index (χ0n) is 20.1. The predicted octanol–water partition coefficient (Wildman–Crippen LogP) is 6.00. The van der Waals surface area contributed by atoms with E-state index in [1.165, 1.54) is 0 Å². The van der Waals surface area contributed by atoms with Crippen LogP contribution in [0.15, 0.2) is 47.3 Å². The van der Waals surface area contributed by atoms with Crippen molar-refractivity contribution >= 4 is 40.0 Å². The monoisotopic (exact) mass is 503 g/mol. The maximum atomic E-state index is 13.7. The summed E-state index contributed by atoms with van der Waals surface area (Å²) in [5.74, 6) is 1.99. The van der Waals surface area contributed by atoms with Crippen molar-refractivity contribution in [1.29, 1.82) is 0 Å². The van der Waals surface area contributed by atoms with E-state index in [0.29, 0.717) is 64.4 Å². The SMILES string of the molecule is COc1ccc(-n2c(C(C)N(CCC(C)C)C(=O)CCCCl)nc3cc(Cl)ccc3c2=O)cc1. The van der Waals surface area contributed by atoms with Crippen LogP contribution in [0.1, 0.15) is 51.9 Å². The summed E-state index contributed by atoms with van der Waals surface area (Å²) in [6, 6.07) is 11.8. The Kier molecular flexibility index (Phi) is 8.97. The molecule has 1 amide bonds. The Balaban J connectivity index is 2.20. The normalized spacial score (nSPS) is 12.2. The molecule has 1 heterocycles. The molecule has 0 aliphatic rings. The van der Waals surface area contributed by atoms with Gasteiger partial charge in [0.15, 0.2) is 0 Å². The van der Waals surface area contributed by atoms with Crippen molar-refractivity contribution in [2.24, 2.45) is 5.92 Å². The number of aromatic nitrogens is 2. The van der Waals surface area contributed by atoms with Gasteiger partial charge in [-0.15, -0.1) is 11.6 Å². The number of hydrogen-bond donors (Lipinski definition) is 0. The number of amides is 1. The van der Waals surface area contributed by atoms with Crippen LogP contribution in [-0.2, 0) is 4.79 Å². The molecule has 0 aliphatic carbocycles. The molecule has 182 valence electrons. The number of carbonyl (C=O) groups excluding carboxylic acids is 1. The highest BCUT2D eigenvalue weighted by Crippen LogP contribution is 2.26. The fraction of sp³-hybridized carbons (Fsp3) is 0.423. The molecule has 2 aromatic carbocycles. The first kappa shape index (κ1) is 26.0. The lowest BCUT2D eigenvalue weighted by Gasteiger charge is -2.31. The number of alkyl halides is 1. The molecular formula is C26H31Cl2N3O3. The number of methoxy groups -OCH3 is 1. The van der Waals surface area contributed by atoms with Gasteiger partial charge in [0.05, 0.1) is 29.7 Å². The van der Waals surface area contributed by atoms with Gasteiger partial charge in [-0.2, -0.15) is 0 Å². The molecule has 3 aromatic rings. The van der Waals surface area contributed by atoms with E-state index < -0.39 is 6.04 Å². The van der Waals surface area contributed by atoms with Gasteiger partial charge in [-0.1, -0.05) is 25.4 Å². The van der Waals surface area contributed by atoms with Crippen molar-refractivity contribution in [3.8, 4) is 11.4 Å². The Labute approximate surface area is 210 Å². The molecule has 3 rings (SSSR count). The lowest BCUT2D eigenvalue weighted by molar-refractivity contribution is -0.133. The van der Waals surface area contributed by atoms with Crippen molar-refractivity contribution in [3.63, 3.8) is 0 Å². The lowest BCUT2D eigenvalue weighted by atomic mass is 10.1. The van der Waals surface area contributed by atoms with Crippen molar-refractivity contribution < 1.29 is 9.53 Å². The molecule has 0 saturated heterocycles. The molecule has 0 radical (unpaired) electrons. The maximum Gasteiger partial charge on any atom is 0.266 e. The molecule has 0 N–H and O–H groups in total. The number of hydrogen-bond acceptors (Lipinski definition) is 4. The fourth-order valence-electron chi connectivity index (χ4n) is 3.87. The summed E-state index contributed by atoms with van der Waals surface area (Å²) in [5.41, 5.74) is 0.931. The summed E-state index contributed by atoms with van der Waals surface area (Å²) in [6.07, 6.45) is 1.78. The summed E-state index contributed by atoms with van der Waals surface area (Å²) in [6.45, 7) is 6.72. The molecule has 34 heavy (non-hydrogen) atoms. The fourth-order valence-corrected chi connectivity index (χ4v) is 4.17. The van der Waals surface area contributed by atoms with Crippen molar-refractivity contribution in [2.45, 2.75) is 46.1 Å². The summed E-state index contributed by atoms with van der Waals surface area (Å²) in [4.78, 5) is 33.5. The van der Waals surface area contributed by atoms with Crippen molar-refractivity contribution in [3.05, 3.63) is 63.7 Å². The third-order valence-electron chi connectivity index (χ3n) is 5.82. The van der Waals surface area contributed by atoms with Gasteiger partial charge in [-0.25, -0.2) is 4.98 Å². The van der Waals surface area contributed by atoms with Gasteiger partial charge in [0.2, 0.25) is 5.91 Å². The number of rotatable bonds is 10. The van der Waals surface area contributed by atoms with Crippen LogP contribution < -0.4 is 10.3 Å². The summed E-state index contributed by atoms with van der Waals surface area (Å²) in [5, 5.41) is 0.952. The molecule has 1 aromatic heterocycles. The average Bonchev–Trinajstić information content (AvgIpc) is 2.82. The van der Waals surface area contributed by atoms with Crippen LogP contribution in [0.3, 0.4) is 0 Å². The van der Waals surface area contributed by atoms with Crippen LogP contribution in [0.2, 0.25) is 5.02 Å². The second-order valence-corrected chi connectivity index (χ2v) is 9.52. The molecular weight excluding hydrogens is 473 g/mol. The van der Waals surface area contributed by atoms with Crippen molar-refractivity contribution in [2.75, 3.05) is 19.5 Å². The first-order valence-electron chi connectivity index (χ1n) is 11.5. The molecule has 0 fully saturated rings. The highest BCUT2D eigenvalue weighted by atomic mass is 35.5. The van der Waals surface area contributed by atoms with Crippen LogP contribution in [0, 0.1) is 5.92 Å². The van der Waals surface area contributed by atoms with Crippen LogP contribution in [0.25, 0.3) is 16.6 Å². The van der Waals surface area contributed by atoms with Crippen LogP contribution in [0.4, 0.5) is 0 Å². The Morgan fingerprint density at radius 2 is 1.85 bits per heavy atom. The highest BCUT2D eigenvalue weighted by Gasteiger charge is 2.26. The second-order valence-electron chi connectivity index (χ2n) is 8.71. The number of fused-ring (bicyclic) bond motifs is 1. The number of benzene rings is 2. The molecule has 6 nitrogen and oxygen atoms in total. The Hall–Kier alpha value is -2.57. The van der Waals surface area contributed by atoms with Gasteiger partial charge in [0.1, 0.15) is 11.6 Å². The van der Waals surface area contributed by atoms with E-state index in [-0.39, 0.29) is 11.5 Å². The minimum atomic E-state index is -0.445. The van der Waals surface area contributed by atoms with E-state index in [9.17, 15) is 9.59 Å². The zero-order valence-corrected chi connectivity index (χ0v) is 21.6. The summed E-state index contributed by atoms with van der Waals surface area (Å²) in [7, 11) is 1.59. The van der Waals surface area contributed by atoms with E-state index >= 15 is 0 Å². The van der Waals surface area contributed by atoms with Gasteiger partial charge in [0, 0.05) is 23.9 Å². The number of ether oxygens (including phenoxy) is 1. The van der Waals surface area contributed by atoms with Gasteiger partial charge < -0.3 is 9.64 Å². The van der Waals surface area contributed by atoms with Gasteiger partial charge >= 0.3 is 0 Å². The Bertz CT molecular complexity index is 1190. The minimum absolute atomic E-state index is 0.00415. The Morgan fingerprint density at radius 3 is 2.47 bits per heavy atom. The third-order valence-corrected chi connectivity index (χ3v) is 6.32. The largest absolute Gasteiger partial charge is 0.497 e. The molecule has 0 aliphatic heterocycles. The summed E-state index contributed by atoms with van der Waals surface area (Å²) >= 11 is 12.1. The lowest BCUT2D eigenvalue weighted by Crippen LogP contribution is -2.38. The van der Waals surface area contributed by atoms with E-state index in [1.807, 2.05) is 24.0 Å². The zero-order chi connectivity index (χ0) is 24.8. The van der Waals surface area contributed by atoms with Gasteiger partial charge in [-0.3, -0.25) is 14.2 Å². The maximum absolute atomic E-state index is 13.7. The average molecular weight is 504 g/mol. The smallest absolute Gasteiger partial charge is 0.266 e. The molecule has 8 heteroatoms. The first-order chi connectivity index (χ1) is 16.3. The van der Waals surface area contributed by atoms with E-state index in [2.05, 4.69) is 13.8 Å². The van der Waals surface area contributed by atoms with Crippen LogP contribution in [-0.4, -0.2) is 39.9 Å². The van der Waals surface area contributed by atoms with Gasteiger partial charge in [0.25, 0.3) is 5.56 Å². The minimum Gasteiger partial charge on any atom is -0.497 e. The predicted molar refractivity (Wildman–Crippen MR) is 138 cm³/mol. The van der Waals surface area contributed by atoms with Gasteiger partial charge in [-0.05, 0) is 68.1 Å². The molecule has 0 spiro atoms.